The highest BCUT2D eigenvalue weighted by Gasteiger charge is 2.39. The molecule has 0 saturated heterocycles. The lowest BCUT2D eigenvalue weighted by Gasteiger charge is -2.29. The van der Waals surface area contributed by atoms with Crippen molar-refractivity contribution in [2.45, 2.75) is 50.2 Å². The second kappa shape index (κ2) is 11.2. The first kappa shape index (κ1) is 22.4. The van der Waals surface area contributed by atoms with E-state index in [1.54, 1.807) is 33.1 Å². The van der Waals surface area contributed by atoms with Crippen LogP contribution in [0.25, 0.3) is 0 Å². The minimum absolute atomic E-state index is 0.0948. The summed E-state index contributed by atoms with van der Waals surface area (Å²) in [5.41, 5.74) is 0.715. The molecule has 1 saturated carbocycles. The van der Waals surface area contributed by atoms with Crippen LogP contribution in [0.1, 0.15) is 44.1 Å². The van der Waals surface area contributed by atoms with Crippen LogP contribution in [0.2, 0.25) is 6.04 Å². The summed E-state index contributed by atoms with van der Waals surface area (Å²) in [7, 11) is 2.42. The number of hydrogen-bond donors (Lipinski definition) is 0. The van der Waals surface area contributed by atoms with Crippen LogP contribution in [-0.4, -0.2) is 47.6 Å². The zero-order valence-electron chi connectivity index (χ0n) is 16.7. The van der Waals surface area contributed by atoms with E-state index in [1.807, 2.05) is 18.2 Å². The lowest BCUT2D eigenvalue weighted by atomic mass is 9.92. The van der Waals surface area contributed by atoms with Gasteiger partial charge < -0.3 is 18.0 Å². The highest BCUT2D eigenvalue weighted by molar-refractivity contribution is 7.99. The van der Waals surface area contributed by atoms with E-state index in [1.165, 1.54) is 0 Å². The van der Waals surface area contributed by atoms with Gasteiger partial charge in [0.05, 0.1) is 6.42 Å². The lowest BCUT2D eigenvalue weighted by molar-refractivity contribution is -0.160. The fourth-order valence-electron chi connectivity index (χ4n) is 3.61. The first-order chi connectivity index (χ1) is 13.1. The van der Waals surface area contributed by atoms with E-state index in [4.69, 9.17) is 18.0 Å². The van der Waals surface area contributed by atoms with Crippen molar-refractivity contribution in [3.05, 3.63) is 35.9 Å². The summed E-state index contributed by atoms with van der Waals surface area (Å²) in [6.07, 6.45) is 5.46. The Morgan fingerprint density at radius 1 is 1.04 bits per heavy atom. The fraction of sp³-hybridized carbons (Fsp3) is 0.650. The maximum Gasteiger partial charge on any atom is 0.500 e. The van der Waals surface area contributed by atoms with Crippen molar-refractivity contribution < 1.29 is 22.8 Å². The van der Waals surface area contributed by atoms with Gasteiger partial charge in [-0.25, -0.2) is 0 Å². The molecule has 1 aromatic carbocycles. The van der Waals surface area contributed by atoms with E-state index >= 15 is 0 Å². The first-order valence-electron chi connectivity index (χ1n) is 9.60. The molecular weight excluding hydrogens is 380 g/mol. The number of esters is 1. The Morgan fingerprint density at radius 2 is 1.67 bits per heavy atom. The summed E-state index contributed by atoms with van der Waals surface area (Å²) in [5, 5.41) is 0. The molecule has 1 aliphatic carbocycles. The summed E-state index contributed by atoms with van der Waals surface area (Å²) in [4.78, 5) is 12.4. The number of benzene rings is 1. The minimum Gasteiger partial charge on any atom is -0.454 e. The first-order valence-corrected chi connectivity index (χ1v) is 12.7. The van der Waals surface area contributed by atoms with Crippen molar-refractivity contribution in [2.24, 2.45) is 0 Å². The predicted molar refractivity (Wildman–Crippen MR) is 111 cm³/mol. The Morgan fingerprint density at radius 3 is 2.26 bits per heavy atom. The van der Waals surface area contributed by atoms with Crippen LogP contribution in [0, 0.1) is 0 Å². The van der Waals surface area contributed by atoms with Crippen LogP contribution in [0.5, 0.6) is 0 Å². The topological polar surface area (TPSA) is 54.0 Å². The van der Waals surface area contributed by atoms with Gasteiger partial charge in [-0.1, -0.05) is 30.3 Å². The largest absolute Gasteiger partial charge is 0.500 e. The van der Waals surface area contributed by atoms with E-state index in [2.05, 4.69) is 12.1 Å². The average molecular weight is 413 g/mol. The van der Waals surface area contributed by atoms with Crippen LogP contribution in [-0.2, 0) is 28.4 Å². The van der Waals surface area contributed by atoms with Gasteiger partial charge in [-0.3, -0.25) is 4.79 Å². The van der Waals surface area contributed by atoms with Gasteiger partial charge >= 0.3 is 14.8 Å². The highest BCUT2D eigenvalue weighted by Crippen LogP contribution is 2.42. The second-order valence-corrected chi connectivity index (χ2v) is 11.1. The molecule has 1 fully saturated rings. The van der Waals surface area contributed by atoms with E-state index in [-0.39, 0.29) is 5.97 Å². The molecule has 0 N–H and O–H groups in total. The predicted octanol–water partition coefficient (Wildman–Crippen LogP) is 4.39. The minimum atomic E-state index is -2.48. The van der Waals surface area contributed by atoms with Gasteiger partial charge in [0.25, 0.3) is 0 Å². The number of hydrogen-bond acceptors (Lipinski definition) is 6. The summed E-state index contributed by atoms with van der Waals surface area (Å²) < 4.78 is 22.3. The van der Waals surface area contributed by atoms with Crippen LogP contribution in [0.3, 0.4) is 0 Å². The molecule has 152 valence electrons. The standard InChI is InChI=1S/C20H32O5SSi/c1-22-27(23-2,24-3)17-9-15-26-16-12-19(21)25-20(13-7-8-14-20)18-10-5-4-6-11-18/h4-6,10-11H,7-9,12-17H2,1-3H3. The SMILES string of the molecule is CO[Si](CCCSCCC(=O)OC1(c2ccccc2)CCCC1)(OC)OC. The van der Waals surface area contributed by atoms with Gasteiger partial charge in [0.1, 0.15) is 5.60 Å². The van der Waals surface area contributed by atoms with Gasteiger partial charge in [0.2, 0.25) is 0 Å². The average Bonchev–Trinajstić information content (AvgIpc) is 3.18. The Hall–Kier alpha value is -0.863. The molecule has 5 nitrogen and oxygen atoms in total. The van der Waals surface area contributed by atoms with E-state index in [0.717, 1.165) is 55.2 Å². The van der Waals surface area contributed by atoms with Crippen molar-refractivity contribution in [1.29, 1.82) is 0 Å². The van der Waals surface area contributed by atoms with Crippen molar-refractivity contribution in [3.63, 3.8) is 0 Å². The molecule has 0 spiro atoms. The Bertz CT molecular complexity index is 550. The van der Waals surface area contributed by atoms with Crippen molar-refractivity contribution in [3.8, 4) is 0 Å². The number of carbonyl (C=O) groups excluding carboxylic acids is 1. The molecule has 0 radical (unpaired) electrons. The number of ether oxygens (including phenoxy) is 1. The Labute approximate surface area is 168 Å². The van der Waals surface area contributed by atoms with Gasteiger partial charge in [0, 0.05) is 33.1 Å². The Kier molecular flexibility index (Phi) is 9.31. The fourth-order valence-corrected chi connectivity index (χ4v) is 6.45. The molecule has 0 unspecified atom stereocenters. The zero-order valence-corrected chi connectivity index (χ0v) is 18.5. The van der Waals surface area contributed by atoms with E-state index in [0.29, 0.717) is 6.42 Å². The summed E-state index contributed by atoms with van der Waals surface area (Å²) >= 11 is 1.76. The molecule has 0 bridgehead atoms. The normalized spacial score (nSPS) is 16.4. The third-order valence-electron chi connectivity index (χ3n) is 5.18. The molecule has 0 heterocycles. The van der Waals surface area contributed by atoms with Crippen molar-refractivity contribution in [2.75, 3.05) is 32.8 Å². The summed E-state index contributed by atoms with van der Waals surface area (Å²) in [6, 6.07) is 11.0. The van der Waals surface area contributed by atoms with Crippen LogP contribution < -0.4 is 0 Å². The second-order valence-electron chi connectivity index (χ2n) is 6.80. The van der Waals surface area contributed by atoms with Crippen molar-refractivity contribution in [1.82, 2.24) is 0 Å². The number of rotatable bonds is 12. The van der Waals surface area contributed by atoms with Gasteiger partial charge in [-0.05, 0) is 43.4 Å². The molecule has 7 heteroatoms. The molecule has 27 heavy (non-hydrogen) atoms. The molecule has 2 rings (SSSR count). The van der Waals surface area contributed by atoms with Gasteiger partial charge in [-0.2, -0.15) is 11.8 Å². The van der Waals surface area contributed by atoms with Crippen molar-refractivity contribution >= 4 is 26.5 Å². The molecule has 0 aromatic heterocycles. The summed E-state index contributed by atoms with van der Waals surface area (Å²) in [6.45, 7) is 0. The lowest BCUT2D eigenvalue weighted by Crippen LogP contribution is -2.42. The van der Waals surface area contributed by atoms with Gasteiger partial charge in [0.15, 0.2) is 0 Å². The monoisotopic (exact) mass is 412 g/mol. The molecule has 0 atom stereocenters. The molecule has 1 aromatic rings. The highest BCUT2D eigenvalue weighted by atomic mass is 32.2. The maximum absolute atomic E-state index is 12.4. The third kappa shape index (κ3) is 6.32. The molecule has 1 aliphatic rings. The molecule has 0 amide bonds. The number of carbonyl (C=O) groups is 1. The van der Waals surface area contributed by atoms with Crippen LogP contribution in [0.15, 0.2) is 30.3 Å². The number of thioether (sulfide) groups is 1. The molecule has 0 aliphatic heterocycles. The Balaban J connectivity index is 1.71. The van der Waals surface area contributed by atoms with Crippen LogP contribution >= 0.6 is 11.8 Å². The smallest absolute Gasteiger partial charge is 0.454 e. The van der Waals surface area contributed by atoms with E-state index in [9.17, 15) is 4.79 Å². The van der Waals surface area contributed by atoms with Crippen LogP contribution in [0.4, 0.5) is 0 Å². The molecular formula is C20H32O5SSi. The zero-order chi connectivity index (χ0) is 19.6. The summed E-state index contributed by atoms with van der Waals surface area (Å²) in [5.74, 6) is 1.62. The maximum atomic E-state index is 12.4. The quantitative estimate of drug-likeness (QED) is 0.288. The third-order valence-corrected chi connectivity index (χ3v) is 9.08. The van der Waals surface area contributed by atoms with Gasteiger partial charge in [-0.15, -0.1) is 0 Å². The van der Waals surface area contributed by atoms with E-state index < -0.39 is 14.4 Å².